The minimum atomic E-state index is 0.667. The lowest BCUT2D eigenvalue weighted by Gasteiger charge is -2.21. The molecule has 0 amide bonds. The van der Waals surface area contributed by atoms with Gasteiger partial charge in [0, 0.05) is 46.2 Å². The van der Waals surface area contributed by atoms with Crippen LogP contribution in [0.1, 0.15) is 25.0 Å². The number of nitrogens with one attached hydrogen (secondary N) is 2. The molecule has 23 heavy (non-hydrogen) atoms. The zero-order chi connectivity index (χ0) is 16.2. The highest BCUT2D eigenvalue weighted by Gasteiger charge is 2.13. The summed E-state index contributed by atoms with van der Waals surface area (Å²) in [5, 5.41) is 6.54. The Kier molecular flexibility index (Phi) is 8.43. The van der Waals surface area contributed by atoms with Crippen LogP contribution in [0.5, 0.6) is 0 Å². The maximum Gasteiger partial charge on any atom is 0.191 e. The molecule has 1 aliphatic rings. The number of hydrogen-bond donors (Lipinski definition) is 2. The molecule has 0 bridgehead atoms. The van der Waals surface area contributed by atoms with Crippen LogP contribution in [-0.2, 0) is 16.0 Å². The molecule has 1 saturated heterocycles. The van der Waals surface area contributed by atoms with E-state index in [2.05, 4.69) is 20.6 Å². The van der Waals surface area contributed by atoms with E-state index >= 15 is 0 Å². The Morgan fingerprint density at radius 1 is 1.35 bits per heavy atom. The molecule has 6 nitrogen and oxygen atoms in total. The van der Waals surface area contributed by atoms with Gasteiger partial charge < -0.3 is 20.1 Å². The van der Waals surface area contributed by atoms with Crippen molar-refractivity contribution in [2.75, 3.05) is 40.0 Å². The van der Waals surface area contributed by atoms with Gasteiger partial charge in [-0.15, -0.1) is 0 Å². The van der Waals surface area contributed by atoms with Crippen molar-refractivity contribution < 1.29 is 9.47 Å². The summed E-state index contributed by atoms with van der Waals surface area (Å²) in [4.78, 5) is 8.48. The molecule has 0 saturated carbocycles. The molecule has 6 heteroatoms. The maximum atomic E-state index is 5.75. The summed E-state index contributed by atoms with van der Waals surface area (Å²) in [6.07, 6.45) is 5.02. The maximum absolute atomic E-state index is 5.75. The van der Waals surface area contributed by atoms with Gasteiger partial charge in [0.1, 0.15) is 0 Å². The summed E-state index contributed by atoms with van der Waals surface area (Å²) in [6.45, 7) is 4.91. The van der Waals surface area contributed by atoms with Gasteiger partial charge in [-0.3, -0.25) is 9.98 Å². The second-order valence-corrected chi connectivity index (χ2v) is 5.66. The molecule has 1 aliphatic heterocycles. The van der Waals surface area contributed by atoms with Crippen molar-refractivity contribution in [1.82, 2.24) is 15.6 Å². The first-order chi connectivity index (χ1) is 11.4. The Bertz CT molecular complexity index is 447. The quantitative estimate of drug-likeness (QED) is 0.432. The fourth-order valence-electron chi connectivity index (χ4n) is 2.44. The van der Waals surface area contributed by atoms with Gasteiger partial charge in [-0.05, 0) is 37.3 Å². The highest BCUT2D eigenvalue weighted by molar-refractivity contribution is 5.79. The third kappa shape index (κ3) is 7.43. The molecule has 2 N–H and O–H groups in total. The van der Waals surface area contributed by atoms with Crippen LogP contribution in [-0.4, -0.2) is 51.0 Å². The van der Waals surface area contributed by atoms with E-state index in [0.29, 0.717) is 12.5 Å². The van der Waals surface area contributed by atoms with Gasteiger partial charge in [-0.25, -0.2) is 0 Å². The SMILES string of the molecule is CN=C(NCCCOCC1CCOCC1)NCc1ccccn1. The van der Waals surface area contributed by atoms with E-state index in [9.17, 15) is 0 Å². The van der Waals surface area contributed by atoms with Crippen molar-refractivity contribution in [2.24, 2.45) is 10.9 Å². The van der Waals surface area contributed by atoms with Gasteiger partial charge in [-0.2, -0.15) is 0 Å². The lowest BCUT2D eigenvalue weighted by molar-refractivity contribution is 0.0203. The lowest BCUT2D eigenvalue weighted by atomic mass is 10.0. The van der Waals surface area contributed by atoms with Crippen LogP contribution in [0, 0.1) is 5.92 Å². The number of ether oxygens (including phenoxy) is 2. The van der Waals surface area contributed by atoms with E-state index in [1.165, 1.54) is 0 Å². The fourth-order valence-corrected chi connectivity index (χ4v) is 2.44. The number of aliphatic imine (C=N–C) groups is 1. The molecule has 1 aromatic rings. The number of aromatic nitrogens is 1. The van der Waals surface area contributed by atoms with Gasteiger partial charge in [0.25, 0.3) is 0 Å². The van der Waals surface area contributed by atoms with E-state index in [1.54, 1.807) is 13.2 Å². The van der Waals surface area contributed by atoms with E-state index in [-0.39, 0.29) is 0 Å². The third-order valence-corrected chi connectivity index (χ3v) is 3.84. The standard InChI is InChI=1S/C17H28N4O2/c1-18-17(21-13-16-5-2-3-8-19-16)20-9-4-10-23-14-15-6-11-22-12-7-15/h2-3,5,8,15H,4,6-7,9-14H2,1H3,(H2,18,20,21). The smallest absolute Gasteiger partial charge is 0.191 e. The number of rotatable bonds is 8. The molecule has 0 atom stereocenters. The van der Waals surface area contributed by atoms with Crippen LogP contribution >= 0.6 is 0 Å². The summed E-state index contributed by atoms with van der Waals surface area (Å²) in [5.74, 6) is 1.46. The third-order valence-electron chi connectivity index (χ3n) is 3.84. The summed E-state index contributed by atoms with van der Waals surface area (Å²) in [6, 6.07) is 5.89. The van der Waals surface area contributed by atoms with Crippen molar-refractivity contribution in [2.45, 2.75) is 25.8 Å². The van der Waals surface area contributed by atoms with Crippen molar-refractivity contribution in [3.63, 3.8) is 0 Å². The van der Waals surface area contributed by atoms with Crippen LogP contribution in [0.4, 0.5) is 0 Å². The van der Waals surface area contributed by atoms with Crippen LogP contribution in [0.2, 0.25) is 0 Å². The Morgan fingerprint density at radius 3 is 2.96 bits per heavy atom. The molecule has 128 valence electrons. The Balaban J connectivity index is 1.50. The minimum Gasteiger partial charge on any atom is -0.381 e. The van der Waals surface area contributed by atoms with Gasteiger partial charge in [0.2, 0.25) is 0 Å². The average Bonchev–Trinajstić information content (AvgIpc) is 2.62. The molecule has 2 rings (SSSR count). The number of hydrogen-bond acceptors (Lipinski definition) is 4. The molecule has 1 fully saturated rings. The van der Waals surface area contributed by atoms with E-state index in [1.807, 2.05) is 18.2 Å². The van der Waals surface area contributed by atoms with Gasteiger partial charge in [0.05, 0.1) is 12.2 Å². The summed E-state index contributed by atoms with van der Waals surface area (Å²) in [5.41, 5.74) is 0.996. The minimum absolute atomic E-state index is 0.667. The predicted molar refractivity (Wildman–Crippen MR) is 91.4 cm³/mol. The van der Waals surface area contributed by atoms with E-state index in [0.717, 1.165) is 63.9 Å². The number of nitrogens with zero attached hydrogens (tertiary/aromatic N) is 2. The van der Waals surface area contributed by atoms with Crippen molar-refractivity contribution in [3.05, 3.63) is 30.1 Å². The largest absolute Gasteiger partial charge is 0.381 e. The monoisotopic (exact) mass is 320 g/mol. The zero-order valence-corrected chi connectivity index (χ0v) is 14.0. The molecule has 0 unspecified atom stereocenters. The summed E-state index contributed by atoms with van der Waals surface area (Å²) >= 11 is 0. The van der Waals surface area contributed by atoms with Crippen LogP contribution in [0.15, 0.2) is 29.4 Å². The second-order valence-electron chi connectivity index (χ2n) is 5.66. The first-order valence-electron chi connectivity index (χ1n) is 8.38. The highest BCUT2D eigenvalue weighted by Crippen LogP contribution is 2.14. The fraction of sp³-hybridized carbons (Fsp3) is 0.647. The predicted octanol–water partition coefficient (Wildman–Crippen LogP) is 1.58. The van der Waals surface area contributed by atoms with Crippen molar-refractivity contribution >= 4 is 5.96 Å². The molecule has 0 aromatic carbocycles. The topological polar surface area (TPSA) is 67.8 Å². The lowest BCUT2D eigenvalue weighted by Crippen LogP contribution is -2.37. The first-order valence-corrected chi connectivity index (χ1v) is 8.38. The van der Waals surface area contributed by atoms with Crippen molar-refractivity contribution in [1.29, 1.82) is 0 Å². The van der Waals surface area contributed by atoms with E-state index in [4.69, 9.17) is 9.47 Å². The normalized spacial score (nSPS) is 16.3. The van der Waals surface area contributed by atoms with E-state index < -0.39 is 0 Å². The summed E-state index contributed by atoms with van der Waals surface area (Å²) < 4.78 is 11.1. The zero-order valence-electron chi connectivity index (χ0n) is 14.0. The van der Waals surface area contributed by atoms with Crippen LogP contribution < -0.4 is 10.6 Å². The Labute approximate surface area is 138 Å². The molecular weight excluding hydrogens is 292 g/mol. The molecular formula is C17H28N4O2. The summed E-state index contributed by atoms with van der Waals surface area (Å²) in [7, 11) is 1.77. The molecule has 1 aromatic heterocycles. The molecule has 2 heterocycles. The van der Waals surface area contributed by atoms with Gasteiger partial charge in [-0.1, -0.05) is 6.07 Å². The molecule has 0 radical (unpaired) electrons. The molecule has 0 aliphatic carbocycles. The van der Waals surface area contributed by atoms with Gasteiger partial charge >= 0.3 is 0 Å². The number of guanidine groups is 1. The Morgan fingerprint density at radius 2 is 2.22 bits per heavy atom. The Hall–Kier alpha value is -1.66. The molecule has 0 spiro atoms. The average molecular weight is 320 g/mol. The van der Waals surface area contributed by atoms with Gasteiger partial charge in [0.15, 0.2) is 5.96 Å². The van der Waals surface area contributed by atoms with Crippen LogP contribution in [0.25, 0.3) is 0 Å². The van der Waals surface area contributed by atoms with Crippen molar-refractivity contribution in [3.8, 4) is 0 Å². The highest BCUT2D eigenvalue weighted by atomic mass is 16.5. The van der Waals surface area contributed by atoms with Crippen LogP contribution in [0.3, 0.4) is 0 Å². The first kappa shape index (κ1) is 17.7. The second kappa shape index (κ2) is 11.0. The number of pyridine rings is 1.